The van der Waals surface area contributed by atoms with E-state index in [-0.39, 0.29) is 24.3 Å². The number of nitrogens with zero attached hydrogens (tertiary/aromatic N) is 1. The maximum absolute atomic E-state index is 11.9. The van der Waals surface area contributed by atoms with Crippen molar-refractivity contribution in [1.82, 2.24) is 10.3 Å². The molecule has 0 fully saturated rings. The van der Waals surface area contributed by atoms with Crippen LogP contribution in [0.3, 0.4) is 0 Å². The molecule has 2 aromatic rings. The number of carbonyl (C=O) groups excluding carboxylic acids is 1. The summed E-state index contributed by atoms with van der Waals surface area (Å²) >= 11 is 1.58. The van der Waals surface area contributed by atoms with Crippen molar-refractivity contribution in [3.8, 4) is 11.5 Å². The quantitative estimate of drug-likeness (QED) is 0.822. The SMILES string of the molecule is Cc1oc(-c2ccsc2)nc1CC(=O)NCCC(O)C(C)C. The van der Waals surface area contributed by atoms with Crippen molar-refractivity contribution < 1.29 is 14.3 Å². The lowest BCUT2D eigenvalue weighted by Gasteiger charge is -2.14. The molecule has 1 atom stereocenters. The molecule has 2 heterocycles. The van der Waals surface area contributed by atoms with Gasteiger partial charge in [-0.1, -0.05) is 13.8 Å². The Morgan fingerprint density at radius 2 is 2.27 bits per heavy atom. The van der Waals surface area contributed by atoms with Gasteiger partial charge in [-0.2, -0.15) is 11.3 Å². The third-order valence-corrected chi connectivity index (χ3v) is 4.20. The third-order valence-electron chi connectivity index (χ3n) is 3.52. The summed E-state index contributed by atoms with van der Waals surface area (Å²) in [5.74, 6) is 1.31. The number of oxazole rings is 1. The molecule has 1 unspecified atom stereocenters. The number of aliphatic hydroxyl groups is 1. The average Bonchev–Trinajstić information content (AvgIpc) is 3.09. The zero-order valence-electron chi connectivity index (χ0n) is 13.1. The number of aliphatic hydroxyl groups excluding tert-OH is 1. The Hall–Kier alpha value is -1.66. The Balaban J connectivity index is 1.87. The smallest absolute Gasteiger partial charge is 0.227 e. The van der Waals surface area contributed by atoms with Gasteiger partial charge in [0.05, 0.1) is 18.2 Å². The molecule has 0 aromatic carbocycles. The monoisotopic (exact) mass is 322 g/mol. The lowest BCUT2D eigenvalue weighted by Crippen LogP contribution is -2.30. The molecule has 0 aliphatic carbocycles. The van der Waals surface area contributed by atoms with E-state index in [9.17, 15) is 9.90 Å². The highest BCUT2D eigenvalue weighted by atomic mass is 32.1. The van der Waals surface area contributed by atoms with Gasteiger partial charge < -0.3 is 14.8 Å². The number of amides is 1. The van der Waals surface area contributed by atoms with Crippen LogP contribution in [0.15, 0.2) is 21.2 Å². The van der Waals surface area contributed by atoms with Crippen LogP contribution in [0.4, 0.5) is 0 Å². The topological polar surface area (TPSA) is 75.4 Å². The minimum absolute atomic E-state index is 0.107. The van der Waals surface area contributed by atoms with Gasteiger partial charge in [-0.3, -0.25) is 4.79 Å². The Morgan fingerprint density at radius 3 is 2.91 bits per heavy atom. The van der Waals surface area contributed by atoms with Gasteiger partial charge in [-0.05, 0) is 30.7 Å². The highest BCUT2D eigenvalue weighted by Gasteiger charge is 2.15. The first kappa shape index (κ1) is 16.7. The zero-order chi connectivity index (χ0) is 16.1. The van der Waals surface area contributed by atoms with Gasteiger partial charge in [0.1, 0.15) is 5.76 Å². The summed E-state index contributed by atoms with van der Waals surface area (Å²) < 4.78 is 5.61. The molecular formula is C16H22N2O3S. The van der Waals surface area contributed by atoms with Crippen LogP contribution in [0.1, 0.15) is 31.7 Å². The van der Waals surface area contributed by atoms with Gasteiger partial charge in [0, 0.05) is 17.5 Å². The maximum Gasteiger partial charge on any atom is 0.227 e. The van der Waals surface area contributed by atoms with Crippen LogP contribution >= 0.6 is 11.3 Å². The number of aromatic nitrogens is 1. The molecular weight excluding hydrogens is 300 g/mol. The Bertz CT molecular complexity index is 605. The van der Waals surface area contributed by atoms with Crippen LogP contribution in [0.2, 0.25) is 0 Å². The minimum atomic E-state index is -0.390. The van der Waals surface area contributed by atoms with Gasteiger partial charge in [-0.15, -0.1) is 0 Å². The third kappa shape index (κ3) is 4.42. The number of thiophene rings is 1. The van der Waals surface area contributed by atoms with E-state index in [1.54, 1.807) is 11.3 Å². The molecule has 120 valence electrons. The summed E-state index contributed by atoms with van der Waals surface area (Å²) in [6, 6.07) is 1.94. The number of rotatable bonds is 7. The zero-order valence-corrected chi connectivity index (χ0v) is 13.9. The Kier molecular flexibility index (Phi) is 5.74. The van der Waals surface area contributed by atoms with Crippen LogP contribution in [-0.2, 0) is 11.2 Å². The van der Waals surface area contributed by atoms with Crippen LogP contribution in [0.5, 0.6) is 0 Å². The van der Waals surface area contributed by atoms with Crippen molar-refractivity contribution in [3.63, 3.8) is 0 Å². The summed E-state index contributed by atoms with van der Waals surface area (Å²) in [7, 11) is 0. The fraction of sp³-hybridized carbons (Fsp3) is 0.500. The highest BCUT2D eigenvalue weighted by molar-refractivity contribution is 7.08. The Morgan fingerprint density at radius 1 is 1.50 bits per heavy atom. The van der Waals surface area contributed by atoms with E-state index in [0.29, 0.717) is 30.3 Å². The van der Waals surface area contributed by atoms with E-state index in [1.807, 2.05) is 37.6 Å². The van der Waals surface area contributed by atoms with Gasteiger partial charge in [0.2, 0.25) is 11.8 Å². The molecule has 1 amide bonds. The molecule has 0 spiro atoms. The molecule has 0 aliphatic rings. The van der Waals surface area contributed by atoms with E-state index in [1.165, 1.54) is 0 Å². The van der Waals surface area contributed by atoms with Crippen LogP contribution in [0.25, 0.3) is 11.5 Å². The highest BCUT2D eigenvalue weighted by Crippen LogP contribution is 2.23. The first-order valence-corrected chi connectivity index (χ1v) is 8.35. The van der Waals surface area contributed by atoms with Crippen molar-refractivity contribution in [3.05, 3.63) is 28.3 Å². The van der Waals surface area contributed by atoms with E-state index in [2.05, 4.69) is 10.3 Å². The summed E-state index contributed by atoms with van der Waals surface area (Å²) in [4.78, 5) is 16.3. The van der Waals surface area contributed by atoms with E-state index >= 15 is 0 Å². The molecule has 2 rings (SSSR count). The number of nitrogens with one attached hydrogen (secondary N) is 1. The molecule has 0 saturated carbocycles. The predicted molar refractivity (Wildman–Crippen MR) is 86.7 cm³/mol. The summed E-state index contributed by atoms with van der Waals surface area (Å²) in [6.07, 6.45) is 0.359. The molecule has 0 saturated heterocycles. The molecule has 0 radical (unpaired) electrons. The fourth-order valence-corrected chi connectivity index (χ4v) is 2.64. The number of carbonyl (C=O) groups is 1. The van der Waals surface area contributed by atoms with Crippen molar-refractivity contribution in [2.45, 2.75) is 39.7 Å². The van der Waals surface area contributed by atoms with E-state index < -0.39 is 0 Å². The number of aryl methyl sites for hydroxylation is 1. The van der Waals surface area contributed by atoms with Crippen LogP contribution < -0.4 is 5.32 Å². The molecule has 0 bridgehead atoms. The number of hydrogen-bond acceptors (Lipinski definition) is 5. The van der Waals surface area contributed by atoms with Gasteiger partial charge >= 0.3 is 0 Å². The second-order valence-electron chi connectivity index (χ2n) is 5.66. The standard InChI is InChI=1S/C16H22N2O3S/c1-10(2)14(19)4-6-17-15(20)8-13-11(3)21-16(18-13)12-5-7-22-9-12/h5,7,9-10,14,19H,4,6,8H2,1-3H3,(H,17,20). The molecule has 22 heavy (non-hydrogen) atoms. The summed E-state index contributed by atoms with van der Waals surface area (Å²) in [5.41, 5.74) is 1.59. The first-order chi connectivity index (χ1) is 10.5. The van der Waals surface area contributed by atoms with Gasteiger partial charge in [0.25, 0.3) is 0 Å². The fourth-order valence-electron chi connectivity index (χ4n) is 2.01. The average molecular weight is 322 g/mol. The molecule has 2 N–H and O–H groups in total. The van der Waals surface area contributed by atoms with Crippen LogP contribution in [0, 0.1) is 12.8 Å². The van der Waals surface area contributed by atoms with Gasteiger partial charge in [0.15, 0.2) is 0 Å². The van der Waals surface area contributed by atoms with Crippen LogP contribution in [-0.4, -0.2) is 28.6 Å². The second kappa shape index (κ2) is 7.56. The maximum atomic E-state index is 11.9. The molecule has 0 aliphatic heterocycles. The Labute approximate surface area is 134 Å². The lowest BCUT2D eigenvalue weighted by atomic mass is 10.0. The number of hydrogen-bond donors (Lipinski definition) is 2. The summed E-state index contributed by atoms with van der Waals surface area (Å²) in [6.45, 7) is 6.19. The molecule has 6 heteroatoms. The first-order valence-electron chi connectivity index (χ1n) is 7.41. The largest absolute Gasteiger partial charge is 0.441 e. The van der Waals surface area contributed by atoms with E-state index in [4.69, 9.17) is 4.42 Å². The molecule has 5 nitrogen and oxygen atoms in total. The van der Waals surface area contributed by atoms with Gasteiger partial charge in [-0.25, -0.2) is 4.98 Å². The summed E-state index contributed by atoms with van der Waals surface area (Å²) in [5, 5.41) is 16.4. The lowest BCUT2D eigenvalue weighted by molar-refractivity contribution is -0.120. The minimum Gasteiger partial charge on any atom is -0.441 e. The van der Waals surface area contributed by atoms with Crippen molar-refractivity contribution >= 4 is 17.2 Å². The van der Waals surface area contributed by atoms with E-state index in [0.717, 1.165) is 5.56 Å². The second-order valence-corrected chi connectivity index (χ2v) is 6.44. The molecule has 2 aromatic heterocycles. The van der Waals surface area contributed by atoms with Crippen molar-refractivity contribution in [2.75, 3.05) is 6.54 Å². The normalized spacial score (nSPS) is 12.6. The predicted octanol–water partition coefficient (Wildman–Crippen LogP) is 2.78. The van der Waals surface area contributed by atoms with Crippen molar-refractivity contribution in [1.29, 1.82) is 0 Å². The van der Waals surface area contributed by atoms with Crippen molar-refractivity contribution in [2.24, 2.45) is 5.92 Å².